The Balaban J connectivity index is 1.86. The number of hydrogen-bond acceptors (Lipinski definition) is 4. The number of hydrogen-bond donors (Lipinski definition) is 0. The summed E-state index contributed by atoms with van der Waals surface area (Å²) in [5.74, 6) is 0. The maximum atomic E-state index is 12.6. The van der Waals surface area contributed by atoms with Crippen LogP contribution in [0.15, 0.2) is 30.7 Å². The molecule has 0 saturated heterocycles. The molecule has 2 aromatic rings. The fourth-order valence-electron chi connectivity index (χ4n) is 2.22. The van der Waals surface area contributed by atoms with Crippen LogP contribution in [0, 0.1) is 0 Å². The molecule has 0 N–H and O–H groups in total. The van der Waals surface area contributed by atoms with E-state index >= 15 is 0 Å². The molecule has 0 aliphatic heterocycles. The first-order valence-corrected chi connectivity index (χ1v) is 8.12. The molecule has 0 unspecified atom stereocenters. The van der Waals surface area contributed by atoms with E-state index < -0.39 is 18.4 Å². The Bertz CT molecular complexity index is 718. The number of amides is 1. The highest BCUT2D eigenvalue weighted by Gasteiger charge is 2.43. The highest BCUT2D eigenvalue weighted by molar-refractivity contribution is 6.32. The van der Waals surface area contributed by atoms with Crippen molar-refractivity contribution in [1.29, 1.82) is 0 Å². The lowest BCUT2D eigenvalue weighted by molar-refractivity contribution is 0.0997. The molecule has 24 heavy (non-hydrogen) atoms. The Morgan fingerprint density at radius 2 is 2.33 bits per heavy atom. The highest BCUT2D eigenvalue weighted by atomic mass is 35.5. The van der Waals surface area contributed by atoms with Gasteiger partial charge in [-0.3, -0.25) is 14.3 Å². The second-order valence-electron chi connectivity index (χ2n) is 5.97. The largest absolute Gasteiger partial charge is 0.443 e. The first-order valence-electron chi connectivity index (χ1n) is 7.74. The van der Waals surface area contributed by atoms with E-state index in [0.717, 1.165) is 12.8 Å². The third-order valence-corrected chi connectivity index (χ3v) is 4.15. The number of halogens is 2. The monoisotopic (exact) mass is 352 g/mol. The van der Waals surface area contributed by atoms with E-state index in [-0.39, 0.29) is 18.1 Å². The molecule has 2 heterocycles. The van der Waals surface area contributed by atoms with Crippen molar-refractivity contribution in [3.05, 3.63) is 35.9 Å². The van der Waals surface area contributed by atoms with Gasteiger partial charge in [0.25, 0.3) is 0 Å². The molecular weight excluding hydrogens is 335 g/mol. The summed E-state index contributed by atoms with van der Waals surface area (Å²) in [6.07, 6.45) is 6.22. The van der Waals surface area contributed by atoms with Crippen molar-refractivity contribution in [3.63, 3.8) is 0 Å². The van der Waals surface area contributed by atoms with Gasteiger partial charge < -0.3 is 4.74 Å². The number of rotatable bonds is 6. The van der Waals surface area contributed by atoms with Crippen molar-refractivity contribution in [2.75, 3.05) is 18.1 Å². The summed E-state index contributed by atoms with van der Waals surface area (Å²) in [7, 11) is 0. The number of carbonyl (C=O) groups excluding carboxylic acids is 1. The van der Waals surface area contributed by atoms with Gasteiger partial charge in [0, 0.05) is 12.7 Å². The molecule has 0 radical (unpaired) electrons. The minimum absolute atomic E-state index is 0.149. The molecule has 0 bridgehead atoms. The minimum Gasteiger partial charge on any atom is -0.443 e. The van der Waals surface area contributed by atoms with Crippen molar-refractivity contribution in [3.8, 4) is 5.69 Å². The van der Waals surface area contributed by atoms with Gasteiger partial charge >= 0.3 is 6.09 Å². The van der Waals surface area contributed by atoms with Gasteiger partial charge in [0.15, 0.2) is 5.15 Å². The Labute approximate surface area is 144 Å². The Hall–Kier alpha value is -2.15. The van der Waals surface area contributed by atoms with Crippen LogP contribution in [0.25, 0.3) is 5.69 Å². The van der Waals surface area contributed by atoms with Crippen molar-refractivity contribution < 1.29 is 13.9 Å². The molecule has 0 atom stereocenters. The summed E-state index contributed by atoms with van der Waals surface area (Å²) in [5, 5.41) is 4.35. The second kappa shape index (κ2) is 6.76. The van der Waals surface area contributed by atoms with Crippen LogP contribution in [-0.2, 0) is 4.74 Å². The zero-order valence-corrected chi connectivity index (χ0v) is 14.0. The molecule has 8 heteroatoms. The second-order valence-corrected chi connectivity index (χ2v) is 6.33. The molecule has 1 saturated carbocycles. The quantitative estimate of drug-likeness (QED) is 0.793. The van der Waals surface area contributed by atoms with E-state index in [1.54, 1.807) is 24.7 Å². The molecule has 6 nitrogen and oxygen atoms in total. The molecule has 1 aliphatic rings. The summed E-state index contributed by atoms with van der Waals surface area (Å²) in [5.41, 5.74) is 0.679. The molecule has 1 amide bonds. The lowest BCUT2D eigenvalue weighted by Crippen LogP contribution is -2.35. The van der Waals surface area contributed by atoms with Gasteiger partial charge in [-0.1, -0.05) is 11.6 Å². The van der Waals surface area contributed by atoms with Crippen molar-refractivity contribution in [1.82, 2.24) is 14.8 Å². The third-order valence-electron chi connectivity index (χ3n) is 3.88. The Morgan fingerprint density at radius 1 is 1.54 bits per heavy atom. The average Bonchev–Trinajstić information content (AvgIpc) is 3.17. The van der Waals surface area contributed by atoms with Crippen LogP contribution in [0.2, 0.25) is 5.15 Å². The van der Waals surface area contributed by atoms with Crippen molar-refractivity contribution in [2.45, 2.75) is 31.8 Å². The fraction of sp³-hybridized carbons (Fsp3) is 0.438. The summed E-state index contributed by atoms with van der Waals surface area (Å²) >= 11 is 6.20. The molecule has 1 aliphatic carbocycles. The number of anilines is 1. The summed E-state index contributed by atoms with van der Waals surface area (Å²) in [6, 6.07) is 3.59. The molecule has 1 fully saturated rings. The van der Waals surface area contributed by atoms with Crippen LogP contribution in [0.4, 0.5) is 14.9 Å². The van der Waals surface area contributed by atoms with Crippen molar-refractivity contribution in [2.24, 2.45) is 0 Å². The van der Waals surface area contributed by atoms with Crippen molar-refractivity contribution >= 4 is 23.4 Å². The van der Waals surface area contributed by atoms with Crippen LogP contribution in [0.5, 0.6) is 0 Å². The third kappa shape index (κ3) is 3.67. The molecule has 3 rings (SSSR count). The molecule has 0 spiro atoms. The van der Waals surface area contributed by atoms with Crippen LogP contribution < -0.4 is 4.90 Å². The fourth-order valence-corrected chi connectivity index (χ4v) is 2.45. The van der Waals surface area contributed by atoms with Gasteiger partial charge in [0.1, 0.15) is 11.3 Å². The first kappa shape index (κ1) is 16.7. The van der Waals surface area contributed by atoms with E-state index in [4.69, 9.17) is 16.3 Å². The zero-order valence-electron chi connectivity index (χ0n) is 13.3. The molecule has 0 aromatic carbocycles. The summed E-state index contributed by atoms with van der Waals surface area (Å²) in [6.45, 7) is 1.51. The van der Waals surface area contributed by atoms with Gasteiger partial charge in [0.2, 0.25) is 0 Å². The standard InChI is InChI=1S/C16H18ClFN4O2/c1-16(5-6-16)24-15(23)21(9-3-7-18)13-11-22(20-14(13)17)12-4-2-8-19-10-12/h2,4,8,10-11H,3,5-7,9H2,1H3. The van der Waals surface area contributed by atoms with E-state index in [1.807, 2.05) is 13.0 Å². The summed E-state index contributed by atoms with van der Waals surface area (Å²) < 4.78 is 19.6. The topological polar surface area (TPSA) is 60.2 Å². The molecule has 128 valence electrons. The summed E-state index contributed by atoms with van der Waals surface area (Å²) in [4.78, 5) is 17.8. The van der Waals surface area contributed by atoms with E-state index in [1.165, 1.54) is 9.58 Å². The minimum atomic E-state index is -0.532. The van der Waals surface area contributed by atoms with Gasteiger partial charge in [-0.15, -0.1) is 0 Å². The lowest BCUT2D eigenvalue weighted by Gasteiger charge is -2.22. The maximum Gasteiger partial charge on any atom is 0.414 e. The van der Waals surface area contributed by atoms with E-state index in [9.17, 15) is 9.18 Å². The van der Waals surface area contributed by atoms with Crippen LogP contribution in [-0.4, -0.2) is 39.7 Å². The van der Waals surface area contributed by atoms with Gasteiger partial charge in [-0.25, -0.2) is 9.48 Å². The number of alkyl halides is 1. The lowest BCUT2D eigenvalue weighted by atomic mass is 10.3. The normalized spacial score (nSPS) is 15.1. The van der Waals surface area contributed by atoms with Gasteiger partial charge in [-0.05, 0) is 38.3 Å². The van der Waals surface area contributed by atoms with Crippen LogP contribution >= 0.6 is 11.6 Å². The maximum absolute atomic E-state index is 12.6. The number of aromatic nitrogens is 3. The van der Waals surface area contributed by atoms with E-state index in [2.05, 4.69) is 10.1 Å². The number of ether oxygens (including phenoxy) is 1. The zero-order chi connectivity index (χ0) is 17.2. The predicted molar refractivity (Wildman–Crippen MR) is 88.4 cm³/mol. The Kier molecular flexibility index (Phi) is 4.71. The smallest absolute Gasteiger partial charge is 0.414 e. The SMILES string of the molecule is CC1(OC(=O)N(CCCF)c2cn(-c3cccnc3)nc2Cl)CC1. The number of nitrogens with zero attached hydrogens (tertiary/aromatic N) is 4. The van der Waals surface area contributed by atoms with Gasteiger partial charge in [-0.2, -0.15) is 5.10 Å². The predicted octanol–water partition coefficient (Wildman–Crippen LogP) is 3.78. The first-order chi connectivity index (χ1) is 11.5. The van der Waals surface area contributed by atoms with Crippen LogP contribution in [0.1, 0.15) is 26.2 Å². The molecular formula is C16H18ClFN4O2. The molecule has 2 aromatic heterocycles. The van der Waals surface area contributed by atoms with Crippen LogP contribution in [0.3, 0.4) is 0 Å². The average molecular weight is 353 g/mol. The number of carbonyl (C=O) groups is 1. The van der Waals surface area contributed by atoms with E-state index in [0.29, 0.717) is 11.4 Å². The Morgan fingerprint density at radius 3 is 2.96 bits per heavy atom. The highest BCUT2D eigenvalue weighted by Crippen LogP contribution is 2.40. The number of pyridine rings is 1. The van der Waals surface area contributed by atoms with Gasteiger partial charge in [0.05, 0.1) is 24.8 Å².